The number of nitrogens with zero attached hydrogens (tertiary/aromatic N) is 1. The third-order valence-corrected chi connectivity index (χ3v) is 2.53. The highest BCUT2D eigenvalue weighted by Crippen LogP contribution is 2.21. The van der Waals surface area contributed by atoms with E-state index >= 15 is 0 Å². The first-order chi connectivity index (χ1) is 5.27. The summed E-state index contributed by atoms with van der Waals surface area (Å²) in [5.74, 6) is 0. The van der Waals surface area contributed by atoms with Gasteiger partial charge in [-0.15, -0.1) is 11.3 Å². The lowest BCUT2D eigenvalue weighted by atomic mass is 10.3. The van der Waals surface area contributed by atoms with Crippen molar-refractivity contribution in [3.8, 4) is 0 Å². The maximum Gasteiger partial charge on any atom is 0.183 e. The molecule has 62 valence electrons. The molecule has 0 saturated carbocycles. The monoisotopic (exact) mass is 170 g/mol. The smallest absolute Gasteiger partial charge is 0.183 e. The Balaban J connectivity index is 2.77. The Kier molecular flexibility index (Phi) is 2.88. The van der Waals surface area contributed by atoms with Gasteiger partial charge >= 0.3 is 0 Å². The van der Waals surface area contributed by atoms with Crippen LogP contribution in [0.3, 0.4) is 0 Å². The van der Waals surface area contributed by atoms with Gasteiger partial charge in [-0.2, -0.15) is 0 Å². The summed E-state index contributed by atoms with van der Waals surface area (Å²) in [5.41, 5.74) is 1.23. The summed E-state index contributed by atoms with van der Waals surface area (Å²) in [6.45, 7) is 7.30. The minimum atomic E-state index is 0.954. The number of nitrogens with one attached hydrogen (secondary N) is 1. The first-order valence-corrected chi connectivity index (χ1v) is 4.79. The van der Waals surface area contributed by atoms with Gasteiger partial charge in [0.05, 0.1) is 5.69 Å². The number of rotatable bonds is 3. The first-order valence-electron chi connectivity index (χ1n) is 3.98. The normalized spacial score (nSPS) is 10.1. The Hall–Kier alpha value is -0.570. The van der Waals surface area contributed by atoms with Gasteiger partial charge in [-0.05, 0) is 20.3 Å². The fourth-order valence-corrected chi connectivity index (χ4v) is 1.95. The van der Waals surface area contributed by atoms with Gasteiger partial charge in [-0.1, -0.05) is 6.92 Å². The average molecular weight is 170 g/mol. The summed E-state index contributed by atoms with van der Waals surface area (Å²) in [4.78, 5) is 5.76. The Morgan fingerprint density at radius 3 is 2.64 bits per heavy atom. The lowest BCUT2D eigenvalue weighted by molar-refractivity contribution is 1.04. The summed E-state index contributed by atoms with van der Waals surface area (Å²) in [7, 11) is 0. The molecule has 0 radical (unpaired) electrons. The second kappa shape index (κ2) is 3.72. The van der Waals surface area contributed by atoms with Crippen molar-refractivity contribution in [2.75, 3.05) is 11.9 Å². The Labute approximate surface area is 71.7 Å². The molecule has 0 aliphatic rings. The Morgan fingerprint density at radius 2 is 2.18 bits per heavy atom. The molecule has 1 aromatic rings. The van der Waals surface area contributed by atoms with Crippen LogP contribution in [-0.2, 0) is 6.42 Å². The number of aromatic nitrogens is 1. The summed E-state index contributed by atoms with van der Waals surface area (Å²) in [6, 6.07) is 0. The van der Waals surface area contributed by atoms with E-state index in [1.165, 1.54) is 10.6 Å². The molecule has 0 aliphatic heterocycles. The van der Waals surface area contributed by atoms with Gasteiger partial charge in [0.1, 0.15) is 0 Å². The van der Waals surface area contributed by atoms with Crippen LogP contribution < -0.4 is 5.32 Å². The zero-order valence-electron chi connectivity index (χ0n) is 7.27. The second-order valence-corrected chi connectivity index (χ2v) is 3.61. The van der Waals surface area contributed by atoms with Crippen LogP contribution in [0.15, 0.2) is 0 Å². The molecule has 2 nitrogen and oxygen atoms in total. The summed E-state index contributed by atoms with van der Waals surface area (Å²) in [6.07, 6.45) is 1.04. The largest absolute Gasteiger partial charge is 0.362 e. The van der Waals surface area contributed by atoms with Crippen molar-refractivity contribution in [2.24, 2.45) is 0 Å². The van der Waals surface area contributed by atoms with Gasteiger partial charge in [-0.25, -0.2) is 4.98 Å². The third kappa shape index (κ3) is 1.93. The molecule has 0 spiro atoms. The maximum atomic E-state index is 4.43. The molecule has 0 saturated heterocycles. The standard InChI is InChI=1S/C8H14N2S/c1-4-7-6(3)11-8(10-7)9-5-2/h4-5H2,1-3H3,(H,9,10). The van der Waals surface area contributed by atoms with Crippen LogP contribution in [0.5, 0.6) is 0 Å². The molecule has 0 fully saturated rings. The van der Waals surface area contributed by atoms with E-state index in [0.717, 1.165) is 18.1 Å². The number of anilines is 1. The van der Waals surface area contributed by atoms with Crippen molar-refractivity contribution in [1.82, 2.24) is 4.98 Å². The van der Waals surface area contributed by atoms with Crippen LogP contribution in [0, 0.1) is 6.92 Å². The van der Waals surface area contributed by atoms with Gasteiger partial charge in [-0.3, -0.25) is 0 Å². The quantitative estimate of drug-likeness (QED) is 0.753. The molecular weight excluding hydrogens is 156 g/mol. The van der Waals surface area contributed by atoms with Gasteiger partial charge < -0.3 is 5.32 Å². The van der Waals surface area contributed by atoms with Crippen LogP contribution in [0.25, 0.3) is 0 Å². The fraction of sp³-hybridized carbons (Fsp3) is 0.625. The van der Waals surface area contributed by atoms with Crippen LogP contribution in [0.1, 0.15) is 24.4 Å². The molecule has 1 rings (SSSR count). The van der Waals surface area contributed by atoms with Crippen molar-refractivity contribution in [3.63, 3.8) is 0 Å². The van der Waals surface area contributed by atoms with Gasteiger partial charge in [0, 0.05) is 11.4 Å². The molecule has 1 aromatic heterocycles. The van der Waals surface area contributed by atoms with Crippen LogP contribution >= 0.6 is 11.3 Å². The van der Waals surface area contributed by atoms with Crippen LogP contribution in [0.4, 0.5) is 5.13 Å². The molecule has 1 heterocycles. The van der Waals surface area contributed by atoms with Crippen molar-refractivity contribution >= 4 is 16.5 Å². The van der Waals surface area contributed by atoms with E-state index in [-0.39, 0.29) is 0 Å². The predicted octanol–water partition coefficient (Wildman–Crippen LogP) is 2.45. The van der Waals surface area contributed by atoms with Crippen molar-refractivity contribution in [1.29, 1.82) is 0 Å². The van der Waals surface area contributed by atoms with E-state index in [2.05, 4.69) is 31.1 Å². The highest BCUT2D eigenvalue weighted by molar-refractivity contribution is 7.15. The van der Waals surface area contributed by atoms with E-state index in [0.29, 0.717) is 0 Å². The van der Waals surface area contributed by atoms with Gasteiger partial charge in [0.2, 0.25) is 0 Å². The van der Waals surface area contributed by atoms with E-state index in [9.17, 15) is 0 Å². The molecule has 0 aromatic carbocycles. The van der Waals surface area contributed by atoms with E-state index < -0.39 is 0 Å². The summed E-state index contributed by atoms with van der Waals surface area (Å²) >= 11 is 1.74. The van der Waals surface area contributed by atoms with Crippen LogP contribution in [0.2, 0.25) is 0 Å². The highest BCUT2D eigenvalue weighted by atomic mass is 32.1. The lowest BCUT2D eigenvalue weighted by Gasteiger charge is -1.92. The Morgan fingerprint density at radius 1 is 1.45 bits per heavy atom. The van der Waals surface area contributed by atoms with Crippen molar-refractivity contribution in [2.45, 2.75) is 27.2 Å². The molecular formula is C8H14N2S. The van der Waals surface area contributed by atoms with E-state index in [1.807, 2.05) is 0 Å². The van der Waals surface area contributed by atoms with Crippen LogP contribution in [-0.4, -0.2) is 11.5 Å². The minimum Gasteiger partial charge on any atom is -0.362 e. The van der Waals surface area contributed by atoms with Crippen molar-refractivity contribution < 1.29 is 0 Å². The zero-order valence-corrected chi connectivity index (χ0v) is 8.09. The minimum absolute atomic E-state index is 0.954. The third-order valence-electron chi connectivity index (χ3n) is 1.56. The molecule has 0 unspecified atom stereocenters. The topological polar surface area (TPSA) is 24.9 Å². The fourth-order valence-electron chi connectivity index (χ4n) is 0.983. The molecule has 11 heavy (non-hydrogen) atoms. The molecule has 0 aliphatic carbocycles. The SMILES string of the molecule is CCNc1nc(CC)c(C)s1. The Bertz CT molecular complexity index is 230. The average Bonchev–Trinajstić information content (AvgIpc) is 2.32. The molecule has 1 N–H and O–H groups in total. The molecule has 0 amide bonds. The first kappa shape index (κ1) is 8.53. The van der Waals surface area contributed by atoms with Gasteiger partial charge in [0.15, 0.2) is 5.13 Å². The summed E-state index contributed by atoms with van der Waals surface area (Å²) < 4.78 is 0. The number of hydrogen-bond donors (Lipinski definition) is 1. The number of thiazole rings is 1. The molecule has 0 atom stereocenters. The predicted molar refractivity (Wildman–Crippen MR) is 50.4 cm³/mol. The highest BCUT2D eigenvalue weighted by Gasteiger charge is 2.03. The van der Waals surface area contributed by atoms with E-state index in [1.54, 1.807) is 11.3 Å². The second-order valence-electron chi connectivity index (χ2n) is 2.41. The maximum absolute atomic E-state index is 4.43. The molecule has 3 heteroatoms. The lowest BCUT2D eigenvalue weighted by Crippen LogP contribution is -1.95. The van der Waals surface area contributed by atoms with Gasteiger partial charge in [0.25, 0.3) is 0 Å². The zero-order chi connectivity index (χ0) is 8.27. The van der Waals surface area contributed by atoms with E-state index in [4.69, 9.17) is 0 Å². The summed E-state index contributed by atoms with van der Waals surface area (Å²) in [5, 5.41) is 4.27. The molecule has 0 bridgehead atoms. The number of hydrogen-bond acceptors (Lipinski definition) is 3. The number of aryl methyl sites for hydroxylation is 2. The van der Waals surface area contributed by atoms with Crippen molar-refractivity contribution in [3.05, 3.63) is 10.6 Å².